The zero-order chi connectivity index (χ0) is 28.9. The van der Waals surface area contributed by atoms with Crippen LogP contribution >= 0.6 is 0 Å². The van der Waals surface area contributed by atoms with Gasteiger partial charge in [-0.25, -0.2) is 8.42 Å². The highest BCUT2D eigenvalue weighted by Gasteiger charge is 2.27. The van der Waals surface area contributed by atoms with E-state index in [1.807, 2.05) is 31.3 Å². The molecule has 4 aromatic rings. The molecule has 208 valence electrons. The molecule has 0 amide bonds. The molecule has 8 heteroatoms. The minimum Gasteiger partial charge on any atom is -0.481 e. The van der Waals surface area contributed by atoms with E-state index in [1.54, 1.807) is 6.92 Å². The van der Waals surface area contributed by atoms with Crippen LogP contribution in [0, 0.1) is 18.8 Å². The third-order valence-electron chi connectivity index (χ3n) is 6.76. The van der Waals surface area contributed by atoms with Crippen LogP contribution in [0.3, 0.4) is 0 Å². The average Bonchev–Trinajstić information content (AvgIpc) is 3.24. The monoisotopic (exact) mass is 558 g/mol. The molecule has 0 saturated carbocycles. The molecule has 1 aromatic heterocycles. The number of aromatic nitrogens is 1. The predicted molar refractivity (Wildman–Crippen MR) is 157 cm³/mol. The Kier molecular flexibility index (Phi) is 8.98. The van der Waals surface area contributed by atoms with Crippen molar-refractivity contribution in [2.75, 3.05) is 6.61 Å². The molecule has 40 heavy (non-hydrogen) atoms. The molecule has 0 fully saturated rings. The van der Waals surface area contributed by atoms with Crippen LogP contribution in [-0.4, -0.2) is 36.7 Å². The quantitative estimate of drug-likeness (QED) is 0.237. The SMILES string of the molecule is CC#CCOc1ccc(S(=O)(=O)N[C@@H](Cc2cn(Cc3ccc(C(C)C)cc3)c3ccc(C)cc23)C(=O)O)cc1. The number of aliphatic carboxylic acids is 1. The number of ether oxygens (including phenoxy) is 1. The van der Waals surface area contributed by atoms with Crippen LogP contribution in [0.2, 0.25) is 0 Å². The van der Waals surface area contributed by atoms with Gasteiger partial charge in [0.15, 0.2) is 0 Å². The van der Waals surface area contributed by atoms with Crippen molar-refractivity contribution in [1.82, 2.24) is 9.29 Å². The van der Waals surface area contributed by atoms with Gasteiger partial charge >= 0.3 is 5.97 Å². The molecular weight excluding hydrogens is 524 g/mol. The van der Waals surface area contributed by atoms with E-state index in [9.17, 15) is 18.3 Å². The smallest absolute Gasteiger partial charge is 0.322 e. The van der Waals surface area contributed by atoms with E-state index in [4.69, 9.17) is 4.74 Å². The van der Waals surface area contributed by atoms with Crippen molar-refractivity contribution in [1.29, 1.82) is 0 Å². The molecule has 7 nitrogen and oxygen atoms in total. The highest BCUT2D eigenvalue weighted by molar-refractivity contribution is 7.89. The number of benzene rings is 3. The fourth-order valence-electron chi connectivity index (χ4n) is 4.54. The van der Waals surface area contributed by atoms with Gasteiger partial charge in [-0.1, -0.05) is 55.7 Å². The van der Waals surface area contributed by atoms with E-state index in [0.717, 1.165) is 27.6 Å². The van der Waals surface area contributed by atoms with E-state index < -0.39 is 22.0 Å². The van der Waals surface area contributed by atoms with Gasteiger partial charge in [0.2, 0.25) is 10.0 Å². The fourth-order valence-corrected chi connectivity index (χ4v) is 5.73. The molecule has 1 atom stereocenters. The highest BCUT2D eigenvalue weighted by Crippen LogP contribution is 2.26. The summed E-state index contributed by atoms with van der Waals surface area (Å²) in [5.41, 5.74) is 5.14. The summed E-state index contributed by atoms with van der Waals surface area (Å²) in [6.07, 6.45) is 1.92. The van der Waals surface area contributed by atoms with Crippen LogP contribution < -0.4 is 9.46 Å². The predicted octanol–water partition coefficient (Wildman–Crippen LogP) is 5.50. The lowest BCUT2D eigenvalue weighted by Crippen LogP contribution is -2.42. The highest BCUT2D eigenvalue weighted by atomic mass is 32.2. The summed E-state index contributed by atoms with van der Waals surface area (Å²) in [6, 6.07) is 19.0. The lowest BCUT2D eigenvalue weighted by Gasteiger charge is -2.15. The largest absolute Gasteiger partial charge is 0.481 e. The van der Waals surface area contributed by atoms with Crippen LogP contribution in [-0.2, 0) is 27.8 Å². The van der Waals surface area contributed by atoms with Gasteiger partial charge in [-0.3, -0.25) is 4.79 Å². The maximum Gasteiger partial charge on any atom is 0.322 e. The molecule has 3 aromatic carbocycles. The number of carbonyl (C=O) groups is 1. The summed E-state index contributed by atoms with van der Waals surface area (Å²) in [5, 5.41) is 10.9. The zero-order valence-electron chi connectivity index (χ0n) is 23.1. The number of nitrogens with one attached hydrogen (secondary N) is 1. The molecule has 0 aliphatic carbocycles. The molecule has 0 bridgehead atoms. The van der Waals surface area contributed by atoms with Gasteiger partial charge in [-0.2, -0.15) is 4.72 Å². The lowest BCUT2D eigenvalue weighted by atomic mass is 10.0. The van der Waals surface area contributed by atoms with Crippen molar-refractivity contribution in [2.45, 2.75) is 57.5 Å². The summed E-state index contributed by atoms with van der Waals surface area (Å²) in [4.78, 5) is 12.2. The minimum absolute atomic E-state index is 0.00924. The van der Waals surface area contributed by atoms with Crippen molar-refractivity contribution < 1.29 is 23.1 Å². The van der Waals surface area contributed by atoms with Crippen LogP contribution in [0.15, 0.2) is 77.8 Å². The summed E-state index contributed by atoms with van der Waals surface area (Å²) < 4.78 is 36.1. The minimum atomic E-state index is -4.10. The van der Waals surface area contributed by atoms with Crippen LogP contribution in [0.4, 0.5) is 0 Å². The van der Waals surface area contributed by atoms with Gasteiger partial charge in [0.25, 0.3) is 0 Å². The lowest BCUT2D eigenvalue weighted by molar-refractivity contribution is -0.138. The third-order valence-corrected chi connectivity index (χ3v) is 8.25. The van der Waals surface area contributed by atoms with Crippen LogP contribution in [0.25, 0.3) is 10.9 Å². The van der Waals surface area contributed by atoms with E-state index >= 15 is 0 Å². The number of fused-ring (bicyclic) bond motifs is 1. The first kappa shape index (κ1) is 28.9. The summed E-state index contributed by atoms with van der Waals surface area (Å²) in [6.45, 7) is 8.80. The number of carboxylic acid groups (broad SMARTS) is 1. The molecule has 2 N–H and O–H groups in total. The Morgan fingerprint density at radius 2 is 1.75 bits per heavy atom. The average molecular weight is 559 g/mol. The molecule has 1 heterocycles. The van der Waals surface area contributed by atoms with Gasteiger partial charge in [-0.05, 0) is 72.9 Å². The number of hydrogen-bond acceptors (Lipinski definition) is 4. The van der Waals surface area contributed by atoms with Gasteiger partial charge < -0.3 is 14.4 Å². The van der Waals surface area contributed by atoms with Gasteiger partial charge in [0.05, 0.1) is 4.90 Å². The number of sulfonamides is 1. The van der Waals surface area contributed by atoms with Crippen LogP contribution in [0.1, 0.15) is 48.9 Å². The Bertz CT molecular complexity index is 1660. The van der Waals surface area contributed by atoms with E-state index in [2.05, 4.69) is 59.2 Å². The van der Waals surface area contributed by atoms with Crippen molar-refractivity contribution in [3.05, 3.63) is 95.2 Å². The summed E-state index contributed by atoms with van der Waals surface area (Å²) in [5.74, 6) is 5.16. The van der Waals surface area contributed by atoms with Gasteiger partial charge in [-0.15, -0.1) is 5.92 Å². The van der Waals surface area contributed by atoms with Crippen molar-refractivity contribution >= 4 is 26.9 Å². The Hall–Kier alpha value is -4.06. The molecule has 0 unspecified atom stereocenters. The number of rotatable bonds is 11. The second-order valence-corrected chi connectivity index (χ2v) is 11.8. The maximum atomic E-state index is 13.1. The Morgan fingerprint density at radius 1 is 1.05 bits per heavy atom. The first-order valence-electron chi connectivity index (χ1n) is 13.1. The van der Waals surface area contributed by atoms with Gasteiger partial charge in [0, 0.05) is 30.1 Å². The summed E-state index contributed by atoms with van der Waals surface area (Å²) >= 11 is 0. The first-order chi connectivity index (χ1) is 19.1. The maximum absolute atomic E-state index is 13.1. The molecule has 0 saturated heterocycles. The van der Waals surface area contributed by atoms with Crippen molar-refractivity contribution in [3.8, 4) is 17.6 Å². The zero-order valence-corrected chi connectivity index (χ0v) is 24.0. The second kappa shape index (κ2) is 12.4. The van der Waals surface area contributed by atoms with Crippen LogP contribution in [0.5, 0.6) is 5.75 Å². The van der Waals surface area contributed by atoms with E-state index in [1.165, 1.54) is 29.8 Å². The molecule has 0 aliphatic rings. The summed E-state index contributed by atoms with van der Waals surface area (Å²) in [7, 11) is -4.10. The van der Waals surface area contributed by atoms with Gasteiger partial charge in [0.1, 0.15) is 18.4 Å². The van der Waals surface area contributed by atoms with Crippen molar-refractivity contribution in [2.24, 2.45) is 0 Å². The first-order valence-corrected chi connectivity index (χ1v) is 14.6. The number of hydrogen-bond donors (Lipinski definition) is 2. The molecule has 4 rings (SSSR count). The second-order valence-electron chi connectivity index (χ2n) is 10.1. The molecule has 0 aliphatic heterocycles. The van der Waals surface area contributed by atoms with E-state index in [-0.39, 0.29) is 17.9 Å². The Balaban J connectivity index is 1.58. The molecule has 0 radical (unpaired) electrons. The number of carboxylic acids is 1. The van der Waals surface area contributed by atoms with Crippen molar-refractivity contribution in [3.63, 3.8) is 0 Å². The number of nitrogens with zero attached hydrogens (tertiary/aromatic N) is 1. The molecular formula is C32H34N2O5S. The standard InChI is InChI=1S/C32H34N2O5S/c1-5-6-17-39-27-12-14-28(15-13-27)40(37,38)33-30(32(35)36)19-26-21-34(31-16-7-23(4)18-29(26)31)20-24-8-10-25(11-9-24)22(2)3/h7-16,18,21-22,30,33H,17,19-20H2,1-4H3,(H,35,36)/t30-/m0/s1. The molecule has 0 spiro atoms. The Labute approximate surface area is 235 Å². The van der Waals surface area contributed by atoms with E-state index in [0.29, 0.717) is 18.2 Å². The number of aryl methyl sites for hydroxylation is 1. The Morgan fingerprint density at radius 3 is 2.38 bits per heavy atom. The topological polar surface area (TPSA) is 97.6 Å². The fraction of sp³-hybridized carbons (Fsp3) is 0.281. The third kappa shape index (κ3) is 6.92. The normalized spacial score (nSPS) is 12.2.